The van der Waals surface area contributed by atoms with Gasteiger partial charge in [-0.15, -0.1) is 0 Å². The molecule has 0 heterocycles. The number of aliphatic hydroxyl groups is 1. The van der Waals surface area contributed by atoms with E-state index < -0.39 is 9.05 Å². The predicted octanol–water partition coefficient (Wildman–Crippen LogP) is 1.29. The smallest absolute Gasteiger partial charge is 0.262 e. The van der Waals surface area contributed by atoms with Gasteiger partial charge in [0.2, 0.25) is 0 Å². The van der Waals surface area contributed by atoms with E-state index in [2.05, 4.69) is 0 Å². The Kier molecular flexibility index (Phi) is 3.35. The molecule has 1 N–H and O–H groups in total. The van der Waals surface area contributed by atoms with Gasteiger partial charge in [0, 0.05) is 10.7 Å². The van der Waals surface area contributed by atoms with E-state index in [1.165, 1.54) is 19.1 Å². The van der Waals surface area contributed by atoms with Gasteiger partial charge >= 0.3 is 0 Å². The minimum Gasteiger partial charge on any atom is -0.392 e. The van der Waals surface area contributed by atoms with Crippen LogP contribution in [0.3, 0.4) is 0 Å². The maximum Gasteiger partial charge on any atom is 0.262 e. The maximum atomic E-state index is 11.2. The zero-order chi connectivity index (χ0) is 11.6. The SMILES string of the molecule is Cc1cc(CO)cc(C#N)c1S(=O)(=O)Cl. The van der Waals surface area contributed by atoms with Crippen molar-refractivity contribution in [2.24, 2.45) is 0 Å². The summed E-state index contributed by atoms with van der Waals surface area (Å²) in [6.45, 7) is 1.27. The van der Waals surface area contributed by atoms with Crippen LogP contribution in [0.5, 0.6) is 0 Å². The van der Waals surface area contributed by atoms with Crippen molar-refractivity contribution < 1.29 is 13.5 Å². The Morgan fingerprint density at radius 3 is 2.53 bits per heavy atom. The van der Waals surface area contributed by atoms with Crippen molar-refractivity contribution in [2.75, 3.05) is 0 Å². The van der Waals surface area contributed by atoms with Crippen LogP contribution in [0.4, 0.5) is 0 Å². The minimum absolute atomic E-state index is 0.0472. The molecule has 0 spiro atoms. The normalized spacial score (nSPS) is 11.1. The number of rotatable bonds is 2. The van der Waals surface area contributed by atoms with Crippen LogP contribution in [0.15, 0.2) is 17.0 Å². The monoisotopic (exact) mass is 245 g/mol. The maximum absolute atomic E-state index is 11.2. The van der Waals surface area contributed by atoms with Crippen LogP contribution in [0.25, 0.3) is 0 Å². The molecule has 0 atom stereocenters. The van der Waals surface area contributed by atoms with Crippen LogP contribution in [-0.4, -0.2) is 13.5 Å². The van der Waals surface area contributed by atoms with E-state index in [-0.39, 0.29) is 17.1 Å². The summed E-state index contributed by atoms with van der Waals surface area (Å²) < 4.78 is 22.4. The minimum atomic E-state index is -3.93. The molecule has 0 aliphatic carbocycles. The Labute approximate surface area is 92.1 Å². The molecule has 15 heavy (non-hydrogen) atoms. The Hall–Kier alpha value is -1.09. The van der Waals surface area contributed by atoms with Gasteiger partial charge in [-0.25, -0.2) is 8.42 Å². The van der Waals surface area contributed by atoms with E-state index >= 15 is 0 Å². The third kappa shape index (κ3) is 2.48. The van der Waals surface area contributed by atoms with Crippen molar-refractivity contribution in [3.8, 4) is 6.07 Å². The Balaban J connectivity index is 3.61. The number of aryl methyl sites for hydroxylation is 1. The van der Waals surface area contributed by atoms with Gasteiger partial charge in [0.25, 0.3) is 9.05 Å². The lowest BCUT2D eigenvalue weighted by Gasteiger charge is -2.06. The molecule has 0 unspecified atom stereocenters. The number of hydrogen-bond acceptors (Lipinski definition) is 4. The van der Waals surface area contributed by atoms with Crippen molar-refractivity contribution in [1.82, 2.24) is 0 Å². The Bertz CT molecular complexity index is 531. The van der Waals surface area contributed by atoms with Crippen LogP contribution in [0.1, 0.15) is 16.7 Å². The molecule has 1 aromatic carbocycles. The molecule has 1 aromatic rings. The summed E-state index contributed by atoms with van der Waals surface area (Å²) in [5.74, 6) is 0. The summed E-state index contributed by atoms with van der Waals surface area (Å²) in [5.41, 5.74) is 0.787. The number of hydrogen-bond donors (Lipinski definition) is 1. The highest BCUT2D eigenvalue weighted by Crippen LogP contribution is 2.25. The molecule has 0 radical (unpaired) electrons. The molecule has 0 aliphatic heterocycles. The molecule has 6 heteroatoms. The lowest BCUT2D eigenvalue weighted by molar-refractivity contribution is 0.281. The molecular weight excluding hydrogens is 238 g/mol. The van der Waals surface area contributed by atoms with Gasteiger partial charge in [0.05, 0.1) is 12.2 Å². The van der Waals surface area contributed by atoms with E-state index in [9.17, 15) is 8.42 Å². The summed E-state index contributed by atoms with van der Waals surface area (Å²) in [6, 6.07) is 4.53. The molecule has 0 aliphatic rings. The molecule has 1 rings (SSSR count). The standard InChI is InChI=1S/C9H8ClNO3S/c1-6-2-7(5-12)3-8(4-11)9(6)15(10,13)14/h2-3,12H,5H2,1H3. The Morgan fingerprint density at radius 2 is 2.13 bits per heavy atom. The fourth-order valence-corrected chi connectivity index (χ4v) is 2.77. The second kappa shape index (κ2) is 4.19. The molecule has 0 saturated carbocycles. The van der Waals surface area contributed by atoms with Crippen LogP contribution in [-0.2, 0) is 15.7 Å². The first-order chi connectivity index (χ1) is 6.90. The number of aliphatic hydroxyl groups excluding tert-OH is 1. The molecule has 0 aromatic heterocycles. The Morgan fingerprint density at radius 1 is 1.53 bits per heavy atom. The fourth-order valence-electron chi connectivity index (χ4n) is 1.35. The zero-order valence-electron chi connectivity index (χ0n) is 7.86. The zero-order valence-corrected chi connectivity index (χ0v) is 9.43. The average molecular weight is 246 g/mol. The number of halogens is 1. The highest BCUT2D eigenvalue weighted by molar-refractivity contribution is 8.13. The molecule has 4 nitrogen and oxygen atoms in total. The first-order valence-corrected chi connectivity index (χ1v) is 6.30. The van der Waals surface area contributed by atoms with E-state index in [0.29, 0.717) is 11.1 Å². The van der Waals surface area contributed by atoms with Crippen molar-refractivity contribution in [2.45, 2.75) is 18.4 Å². The fraction of sp³-hybridized carbons (Fsp3) is 0.222. The first-order valence-electron chi connectivity index (χ1n) is 3.99. The van der Waals surface area contributed by atoms with Gasteiger partial charge in [-0.1, -0.05) is 6.07 Å². The number of nitrogens with zero attached hydrogens (tertiary/aromatic N) is 1. The molecule has 0 bridgehead atoms. The van der Waals surface area contributed by atoms with Crippen molar-refractivity contribution in [3.63, 3.8) is 0 Å². The first kappa shape index (κ1) is 12.0. The van der Waals surface area contributed by atoms with Gasteiger partial charge in [-0.3, -0.25) is 0 Å². The van der Waals surface area contributed by atoms with Crippen LogP contribution in [0, 0.1) is 18.3 Å². The highest BCUT2D eigenvalue weighted by Gasteiger charge is 2.19. The van der Waals surface area contributed by atoms with Crippen molar-refractivity contribution in [1.29, 1.82) is 5.26 Å². The van der Waals surface area contributed by atoms with Gasteiger partial charge < -0.3 is 5.11 Å². The summed E-state index contributed by atoms with van der Waals surface area (Å²) in [7, 11) is 1.27. The third-order valence-electron chi connectivity index (χ3n) is 1.88. The molecule has 0 saturated heterocycles. The quantitative estimate of drug-likeness (QED) is 0.797. The van der Waals surface area contributed by atoms with Crippen molar-refractivity contribution >= 4 is 19.7 Å². The summed E-state index contributed by atoms with van der Waals surface area (Å²) in [4.78, 5) is -0.191. The molecule has 80 valence electrons. The van der Waals surface area contributed by atoms with E-state index in [1.807, 2.05) is 0 Å². The largest absolute Gasteiger partial charge is 0.392 e. The lowest BCUT2D eigenvalue weighted by atomic mass is 10.1. The number of nitriles is 1. The summed E-state index contributed by atoms with van der Waals surface area (Å²) in [5, 5.41) is 17.7. The van der Waals surface area contributed by atoms with E-state index in [0.717, 1.165) is 0 Å². The molecule has 0 fully saturated rings. The van der Waals surface area contributed by atoms with Crippen LogP contribution >= 0.6 is 10.7 Å². The van der Waals surface area contributed by atoms with Gasteiger partial charge in [-0.05, 0) is 24.1 Å². The number of benzene rings is 1. The highest BCUT2D eigenvalue weighted by atomic mass is 35.7. The van der Waals surface area contributed by atoms with Gasteiger partial charge in [-0.2, -0.15) is 5.26 Å². The van der Waals surface area contributed by atoms with E-state index in [4.69, 9.17) is 21.1 Å². The van der Waals surface area contributed by atoms with Crippen LogP contribution in [0.2, 0.25) is 0 Å². The summed E-state index contributed by atoms with van der Waals surface area (Å²) in [6.07, 6.45) is 0. The third-order valence-corrected chi connectivity index (χ3v) is 3.37. The molecule has 0 amide bonds. The lowest BCUT2D eigenvalue weighted by Crippen LogP contribution is -2.00. The second-order valence-electron chi connectivity index (χ2n) is 3.00. The van der Waals surface area contributed by atoms with Gasteiger partial charge in [0.1, 0.15) is 11.0 Å². The topological polar surface area (TPSA) is 78.2 Å². The second-order valence-corrected chi connectivity index (χ2v) is 5.50. The van der Waals surface area contributed by atoms with E-state index in [1.54, 1.807) is 6.07 Å². The van der Waals surface area contributed by atoms with Crippen molar-refractivity contribution in [3.05, 3.63) is 28.8 Å². The van der Waals surface area contributed by atoms with Gasteiger partial charge in [0.15, 0.2) is 0 Å². The predicted molar refractivity (Wildman–Crippen MR) is 54.9 cm³/mol. The molecular formula is C9H8ClNO3S. The summed E-state index contributed by atoms with van der Waals surface area (Å²) >= 11 is 0. The average Bonchev–Trinajstić information content (AvgIpc) is 2.14. The van der Waals surface area contributed by atoms with Crippen LogP contribution < -0.4 is 0 Å².